The lowest BCUT2D eigenvalue weighted by atomic mass is 9.93. The van der Waals surface area contributed by atoms with E-state index < -0.39 is 18.0 Å². The van der Waals surface area contributed by atoms with Crippen molar-refractivity contribution in [2.45, 2.75) is 45.0 Å². The minimum atomic E-state index is -4.61. The average molecular weight is 401 g/mol. The molecule has 0 aromatic carbocycles. The molecule has 150 valence electrons. The van der Waals surface area contributed by atoms with Gasteiger partial charge in [0.2, 0.25) is 0 Å². The third kappa shape index (κ3) is 2.74. The number of aryl methyl sites for hydroxylation is 1. The lowest BCUT2D eigenvalue weighted by Crippen LogP contribution is -2.19. The number of imidazole rings is 1. The van der Waals surface area contributed by atoms with Crippen LogP contribution in [0.1, 0.15) is 40.2 Å². The van der Waals surface area contributed by atoms with Gasteiger partial charge in [-0.15, -0.1) is 0 Å². The molecule has 0 fully saturated rings. The van der Waals surface area contributed by atoms with E-state index in [-0.39, 0.29) is 17.9 Å². The molecule has 2 aliphatic rings. The summed E-state index contributed by atoms with van der Waals surface area (Å²) < 4.78 is 59.5. The fourth-order valence-corrected chi connectivity index (χ4v) is 4.51. The Balaban J connectivity index is 1.91. The standard InChI is InChI=1S/C22H19F4N3/c1-13-6-5-11-28-20(13)27-19(22(24,25)26)21(28)29-17-8-4-2-3-7-15(17)16-12-14(23)9-10-18(16)29/h2-7,11,14H,8-10,12H2,1H3. The van der Waals surface area contributed by atoms with Gasteiger partial charge in [0.1, 0.15) is 11.8 Å². The zero-order valence-corrected chi connectivity index (χ0v) is 15.8. The largest absolute Gasteiger partial charge is 0.437 e. The molecule has 5 rings (SSSR count). The molecule has 1 unspecified atom stereocenters. The first-order valence-corrected chi connectivity index (χ1v) is 9.64. The van der Waals surface area contributed by atoms with Gasteiger partial charge in [0.25, 0.3) is 0 Å². The molecule has 0 saturated carbocycles. The summed E-state index contributed by atoms with van der Waals surface area (Å²) in [6, 6.07) is 3.47. The monoisotopic (exact) mass is 401 g/mol. The Kier molecular flexibility index (Phi) is 3.98. The van der Waals surface area contributed by atoms with E-state index in [0.717, 1.165) is 22.5 Å². The number of hydrogen-bond donors (Lipinski definition) is 0. The minimum absolute atomic E-state index is 0.00490. The van der Waals surface area contributed by atoms with Crippen LogP contribution < -0.4 is 0 Å². The van der Waals surface area contributed by atoms with Crippen LogP contribution in [0, 0.1) is 6.92 Å². The van der Waals surface area contributed by atoms with Crippen molar-refractivity contribution >= 4 is 11.7 Å². The van der Waals surface area contributed by atoms with Gasteiger partial charge in [-0.1, -0.05) is 30.4 Å². The highest BCUT2D eigenvalue weighted by Gasteiger charge is 2.41. The van der Waals surface area contributed by atoms with Crippen LogP contribution in [0.2, 0.25) is 0 Å². The second-order valence-corrected chi connectivity index (χ2v) is 7.62. The first kappa shape index (κ1) is 18.2. The van der Waals surface area contributed by atoms with E-state index >= 15 is 0 Å². The van der Waals surface area contributed by atoms with Crippen LogP contribution in [0.3, 0.4) is 0 Å². The van der Waals surface area contributed by atoms with Crippen LogP contribution in [-0.2, 0) is 25.4 Å². The molecule has 29 heavy (non-hydrogen) atoms. The lowest BCUT2D eigenvalue weighted by Gasteiger charge is -2.20. The molecule has 0 aliphatic heterocycles. The van der Waals surface area contributed by atoms with E-state index in [1.807, 2.05) is 24.3 Å². The molecule has 0 saturated heterocycles. The molecule has 0 N–H and O–H groups in total. The van der Waals surface area contributed by atoms with Crippen LogP contribution in [-0.4, -0.2) is 20.1 Å². The molecule has 0 bridgehead atoms. The molecule has 3 nitrogen and oxygen atoms in total. The number of halogens is 4. The summed E-state index contributed by atoms with van der Waals surface area (Å²) in [7, 11) is 0. The number of fused-ring (bicyclic) bond motifs is 4. The lowest BCUT2D eigenvalue weighted by molar-refractivity contribution is -0.140. The third-order valence-corrected chi connectivity index (χ3v) is 5.77. The number of rotatable bonds is 1. The first-order valence-electron chi connectivity index (χ1n) is 9.64. The molecular weight excluding hydrogens is 382 g/mol. The quantitative estimate of drug-likeness (QED) is 0.500. The molecule has 3 heterocycles. The van der Waals surface area contributed by atoms with Gasteiger partial charge < -0.3 is 4.57 Å². The van der Waals surface area contributed by atoms with Crippen molar-refractivity contribution in [3.05, 3.63) is 70.3 Å². The van der Waals surface area contributed by atoms with E-state index in [0.29, 0.717) is 24.8 Å². The predicted molar refractivity (Wildman–Crippen MR) is 103 cm³/mol. The Hall–Kier alpha value is -2.83. The van der Waals surface area contributed by atoms with E-state index in [1.165, 1.54) is 4.40 Å². The maximum atomic E-state index is 14.2. The van der Waals surface area contributed by atoms with Crippen LogP contribution in [0.4, 0.5) is 17.6 Å². The van der Waals surface area contributed by atoms with Crippen molar-refractivity contribution < 1.29 is 17.6 Å². The molecule has 2 aliphatic carbocycles. The highest BCUT2D eigenvalue weighted by atomic mass is 19.4. The van der Waals surface area contributed by atoms with E-state index in [2.05, 4.69) is 4.98 Å². The Morgan fingerprint density at radius 2 is 2.00 bits per heavy atom. The van der Waals surface area contributed by atoms with Crippen molar-refractivity contribution in [1.29, 1.82) is 0 Å². The zero-order valence-electron chi connectivity index (χ0n) is 15.8. The van der Waals surface area contributed by atoms with Gasteiger partial charge in [-0.2, -0.15) is 13.2 Å². The van der Waals surface area contributed by atoms with Crippen LogP contribution in [0.25, 0.3) is 17.5 Å². The van der Waals surface area contributed by atoms with Crippen molar-refractivity contribution in [2.24, 2.45) is 0 Å². The van der Waals surface area contributed by atoms with Gasteiger partial charge in [-0.25, -0.2) is 9.37 Å². The normalized spacial score (nSPS) is 18.7. The average Bonchev–Trinajstić information content (AvgIpc) is 3.07. The molecule has 0 spiro atoms. The summed E-state index contributed by atoms with van der Waals surface area (Å²) in [6.45, 7) is 1.75. The van der Waals surface area contributed by atoms with Gasteiger partial charge in [-0.05, 0) is 42.5 Å². The van der Waals surface area contributed by atoms with E-state index in [9.17, 15) is 17.6 Å². The van der Waals surface area contributed by atoms with E-state index in [4.69, 9.17) is 0 Å². The van der Waals surface area contributed by atoms with Gasteiger partial charge in [-0.3, -0.25) is 4.40 Å². The topological polar surface area (TPSA) is 22.2 Å². The fraction of sp³-hybridized carbons (Fsp3) is 0.318. The van der Waals surface area contributed by atoms with Crippen molar-refractivity contribution in [3.63, 3.8) is 0 Å². The van der Waals surface area contributed by atoms with Gasteiger partial charge in [0, 0.05) is 30.4 Å². The summed E-state index contributed by atoms with van der Waals surface area (Å²) in [6.07, 6.45) is 4.98. The minimum Gasteiger partial charge on any atom is -0.301 e. The maximum Gasteiger partial charge on any atom is 0.437 e. The Labute approximate surface area is 165 Å². The smallest absolute Gasteiger partial charge is 0.301 e. The zero-order chi connectivity index (χ0) is 20.3. The third-order valence-electron chi connectivity index (χ3n) is 5.77. The summed E-state index contributed by atoms with van der Waals surface area (Å²) >= 11 is 0. The molecule has 1 atom stereocenters. The highest BCUT2D eigenvalue weighted by molar-refractivity contribution is 5.66. The molecule has 3 aromatic heterocycles. The van der Waals surface area contributed by atoms with Gasteiger partial charge in [0.05, 0.1) is 0 Å². The number of nitrogens with zero attached hydrogens (tertiary/aromatic N) is 3. The predicted octanol–water partition coefficient (Wildman–Crippen LogP) is 5.40. The van der Waals surface area contributed by atoms with Crippen molar-refractivity contribution in [3.8, 4) is 5.82 Å². The second-order valence-electron chi connectivity index (χ2n) is 7.62. The van der Waals surface area contributed by atoms with Crippen LogP contribution in [0.15, 0.2) is 36.6 Å². The highest BCUT2D eigenvalue weighted by Crippen LogP contribution is 2.40. The van der Waals surface area contributed by atoms with Crippen LogP contribution in [0.5, 0.6) is 0 Å². The summed E-state index contributed by atoms with van der Waals surface area (Å²) in [5, 5.41) is 0. The van der Waals surface area contributed by atoms with E-state index in [1.54, 1.807) is 29.8 Å². The van der Waals surface area contributed by atoms with Crippen LogP contribution >= 0.6 is 0 Å². The molecular formula is C22H19F4N3. The van der Waals surface area contributed by atoms with Gasteiger partial charge >= 0.3 is 6.18 Å². The number of allylic oxidation sites excluding steroid dienone is 3. The Morgan fingerprint density at radius 3 is 2.79 bits per heavy atom. The Morgan fingerprint density at radius 1 is 1.17 bits per heavy atom. The van der Waals surface area contributed by atoms with Crippen molar-refractivity contribution in [1.82, 2.24) is 14.0 Å². The fourth-order valence-electron chi connectivity index (χ4n) is 4.51. The van der Waals surface area contributed by atoms with Gasteiger partial charge in [0.15, 0.2) is 11.5 Å². The van der Waals surface area contributed by atoms with Crippen molar-refractivity contribution in [2.75, 3.05) is 0 Å². The number of aromatic nitrogens is 3. The number of alkyl halides is 4. The molecule has 0 amide bonds. The first-order chi connectivity index (χ1) is 13.9. The molecule has 7 heteroatoms. The summed E-state index contributed by atoms with van der Waals surface area (Å²) in [5.41, 5.74) is 3.20. The number of hydrogen-bond acceptors (Lipinski definition) is 1. The second kappa shape index (κ2) is 6.34. The number of pyridine rings is 1. The molecule has 3 aromatic rings. The summed E-state index contributed by atoms with van der Waals surface area (Å²) in [4.78, 5) is 3.98. The Bertz CT molecular complexity index is 1180. The molecule has 0 radical (unpaired) electrons. The summed E-state index contributed by atoms with van der Waals surface area (Å²) in [5.74, 6) is -0.00490. The SMILES string of the molecule is Cc1cccn2c(-n3c4c(c5c3CCC(F)C5)C=CC=CC4)c(C(F)(F)F)nc12. The maximum absolute atomic E-state index is 14.2.